The monoisotopic (exact) mass is 534 g/mol. The fourth-order valence-electron chi connectivity index (χ4n) is 4.16. The second kappa shape index (κ2) is 11.2. The van der Waals surface area contributed by atoms with Gasteiger partial charge in [0.1, 0.15) is 4.83 Å². The number of aryl methyl sites for hydroxylation is 2. The normalized spacial score (nSPS) is 13.8. The van der Waals surface area contributed by atoms with Crippen molar-refractivity contribution >= 4 is 63.1 Å². The molecule has 1 amide bonds. The van der Waals surface area contributed by atoms with Crippen LogP contribution in [0.2, 0.25) is 0 Å². The minimum atomic E-state index is -0.320. The number of nitrogens with zero attached hydrogens (tertiary/aromatic N) is 3. The number of halogens is 1. The minimum absolute atomic E-state index is 0.0488. The van der Waals surface area contributed by atoms with Gasteiger partial charge in [0, 0.05) is 4.88 Å². The number of hydrazone groups is 1. The summed E-state index contributed by atoms with van der Waals surface area (Å²) in [5, 5.41) is 5.54. The van der Waals surface area contributed by atoms with Crippen molar-refractivity contribution in [2.75, 3.05) is 5.75 Å². The fourth-order valence-corrected chi connectivity index (χ4v) is 6.44. The number of carbonyl (C=O) groups excluding carboxylic acids is 1. The van der Waals surface area contributed by atoms with Crippen LogP contribution in [0.4, 0.5) is 0 Å². The molecule has 0 saturated heterocycles. The Kier molecular flexibility index (Phi) is 7.65. The SMILES string of the molecule is O=C(CSc1nc2sc3c(c2c(=O)n1-c1ccccc1)CCCC3)N/N=C\C(Cl)=C\c1ccccc1. The van der Waals surface area contributed by atoms with Crippen LogP contribution in [0, 0.1) is 0 Å². The maximum absolute atomic E-state index is 13.7. The van der Waals surface area contributed by atoms with E-state index in [4.69, 9.17) is 16.6 Å². The second-order valence-corrected chi connectivity index (χ2v) is 10.7. The molecule has 2 aromatic carbocycles. The van der Waals surface area contributed by atoms with E-state index in [9.17, 15) is 9.59 Å². The van der Waals surface area contributed by atoms with Crippen molar-refractivity contribution in [1.29, 1.82) is 0 Å². The summed E-state index contributed by atoms with van der Waals surface area (Å²) in [5.41, 5.74) is 5.22. The fraction of sp³-hybridized carbons (Fsp3) is 0.185. The Morgan fingerprint density at radius 3 is 2.61 bits per heavy atom. The lowest BCUT2D eigenvalue weighted by Crippen LogP contribution is -2.24. The van der Waals surface area contributed by atoms with E-state index in [1.54, 1.807) is 22.0 Å². The number of aromatic nitrogens is 2. The van der Waals surface area contributed by atoms with Crippen LogP contribution in [0.15, 0.2) is 80.7 Å². The van der Waals surface area contributed by atoms with E-state index in [1.165, 1.54) is 22.9 Å². The Hall–Kier alpha value is -3.20. The predicted molar refractivity (Wildman–Crippen MR) is 149 cm³/mol. The largest absolute Gasteiger partial charge is 0.272 e. The van der Waals surface area contributed by atoms with Crippen molar-refractivity contribution in [3.63, 3.8) is 0 Å². The van der Waals surface area contributed by atoms with Gasteiger partial charge in [-0.25, -0.2) is 10.4 Å². The van der Waals surface area contributed by atoms with Crippen molar-refractivity contribution < 1.29 is 4.79 Å². The third kappa shape index (κ3) is 5.46. The highest BCUT2D eigenvalue weighted by Gasteiger charge is 2.23. The molecule has 0 spiro atoms. The van der Waals surface area contributed by atoms with Gasteiger partial charge in [0.2, 0.25) is 0 Å². The zero-order chi connectivity index (χ0) is 24.9. The molecule has 6 nitrogen and oxygen atoms in total. The Labute approximate surface area is 221 Å². The molecule has 0 bridgehead atoms. The van der Waals surface area contributed by atoms with E-state index in [-0.39, 0.29) is 17.2 Å². The first-order valence-corrected chi connectivity index (χ1v) is 13.8. The van der Waals surface area contributed by atoms with Gasteiger partial charge in [0.15, 0.2) is 5.16 Å². The van der Waals surface area contributed by atoms with Gasteiger partial charge in [-0.15, -0.1) is 11.3 Å². The Morgan fingerprint density at radius 1 is 1.11 bits per heavy atom. The smallest absolute Gasteiger partial charge is 0.267 e. The summed E-state index contributed by atoms with van der Waals surface area (Å²) in [5.74, 6) is -0.271. The third-order valence-electron chi connectivity index (χ3n) is 5.79. The molecule has 0 atom stereocenters. The summed E-state index contributed by atoms with van der Waals surface area (Å²) in [4.78, 5) is 33.0. The van der Waals surface area contributed by atoms with E-state index < -0.39 is 0 Å². The Morgan fingerprint density at radius 2 is 1.83 bits per heavy atom. The number of benzene rings is 2. The number of thioether (sulfide) groups is 1. The molecule has 0 radical (unpaired) electrons. The van der Waals surface area contributed by atoms with E-state index in [0.29, 0.717) is 10.2 Å². The number of carbonyl (C=O) groups is 1. The Balaban J connectivity index is 1.36. The quantitative estimate of drug-likeness (QED) is 0.141. The summed E-state index contributed by atoms with van der Waals surface area (Å²) in [6.45, 7) is 0. The van der Waals surface area contributed by atoms with Crippen LogP contribution < -0.4 is 11.0 Å². The molecule has 1 N–H and O–H groups in total. The zero-order valence-electron chi connectivity index (χ0n) is 19.3. The lowest BCUT2D eigenvalue weighted by Gasteiger charge is -2.13. The van der Waals surface area contributed by atoms with Crippen LogP contribution in [-0.4, -0.2) is 27.4 Å². The number of allylic oxidation sites excluding steroid dienone is 1. The van der Waals surface area contributed by atoms with E-state index in [0.717, 1.165) is 52.7 Å². The predicted octanol–water partition coefficient (Wildman–Crippen LogP) is 5.80. The highest BCUT2D eigenvalue weighted by atomic mass is 35.5. The van der Waals surface area contributed by atoms with Crippen molar-refractivity contribution in [2.45, 2.75) is 30.8 Å². The molecule has 0 saturated carbocycles. The number of thiophene rings is 1. The van der Waals surface area contributed by atoms with Crippen LogP contribution in [0.1, 0.15) is 28.8 Å². The van der Waals surface area contributed by atoms with E-state index in [2.05, 4.69) is 10.5 Å². The van der Waals surface area contributed by atoms with Gasteiger partial charge in [0.05, 0.1) is 28.1 Å². The van der Waals surface area contributed by atoms with Gasteiger partial charge >= 0.3 is 0 Å². The van der Waals surface area contributed by atoms with E-state index in [1.807, 2.05) is 60.7 Å². The summed E-state index contributed by atoms with van der Waals surface area (Å²) in [7, 11) is 0. The van der Waals surface area contributed by atoms with Gasteiger partial charge in [-0.2, -0.15) is 5.10 Å². The molecule has 4 aromatic rings. The molecule has 9 heteroatoms. The van der Waals surface area contributed by atoms with Gasteiger partial charge in [0.25, 0.3) is 11.5 Å². The highest BCUT2D eigenvalue weighted by Crippen LogP contribution is 2.35. The van der Waals surface area contributed by atoms with Crippen LogP contribution >= 0.6 is 34.7 Å². The number of rotatable bonds is 7. The second-order valence-electron chi connectivity index (χ2n) is 8.28. The maximum atomic E-state index is 13.7. The molecule has 1 aliphatic rings. The van der Waals surface area contributed by atoms with Crippen molar-refractivity contribution in [2.24, 2.45) is 5.10 Å². The van der Waals surface area contributed by atoms with Gasteiger partial charge < -0.3 is 0 Å². The number of amides is 1. The lowest BCUT2D eigenvalue weighted by atomic mass is 9.97. The number of para-hydroxylation sites is 1. The molecule has 0 aliphatic heterocycles. The van der Waals surface area contributed by atoms with Gasteiger partial charge in [-0.1, -0.05) is 71.9 Å². The van der Waals surface area contributed by atoms with E-state index >= 15 is 0 Å². The first-order chi connectivity index (χ1) is 17.6. The summed E-state index contributed by atoms with van der Waals surface area (Å²) < 4.78 is 1.62. The molecule has 36 heavy (non-hydrogen) atoms. The first-order valence-electron chi connectivity index (χ1n) is 11.6. The number of hydrogen-bond acceptors (Lipinski definition) is 6. The topological polar surface area (TPSA) is 76.3 Å². The molecule has 1 aliphatic carbocycles. The maximum Gasteiger partial charge on any atom is 0.267 e. The van der Waals surface area contributed by atoms with Gasteiger partial charge in [-0.3, -0.25) is 14.2 Å². The molecule has 5 rings (SSSR count). The summed E-state index contributed by atoms with van der Waals surface area (Å²) in [6, 6.07) is 19.0. The summed E-state index contributed by atoms with van der Waals surface area (Å²) >= 11 is 9.00. The molecule has 182 valence electrons. The number of nitrogens with one attached hydrogen (secondary N) is 1. The number of fused-ring (bicyclic) bond motifs is 3. The average Bonchev–Trinajstić information content (AvgIpc) is 3.27. The number of hydrogen-bond donors (Lipinski definition) is 1. The molecule has 0 fully saturated rings. The minimum Gasteiger partial charge on any atom is -0.272 e. The van der Waals surface area contributed by atoms with Crippen molar-refractivity contribution in [1.82, 2.24) is 15.0 Å². The third-order valence-corrected chi connectivity index (χ3v) is 8.12. The van der Waals surface area contributed by atoms with Crippen LogP contribution in [0.5, 0.6) is 0 Å². The molecule has 2 aromatic heterocycles. The Bertz CT molecular complexity index is 1510. The lowest BCUT2D eigenvalue weighted by molar-refractivity contribution is -0.118. The highest BCUT2D eigenvalue weighted by molar-refractivity contribution is 7.99. The average molecular weight is 535 g/mol. The van der Waals surface area contributed by atoms with Crippen LogP contribution in [0.25, 0.3) is 22.0 Å². The standard InChI is InChI=1S/C27H23ClN4O2S2/c28-19(15-18-9-3-1-4-10-18)16-29-31-23(33)17-35-27-30-25-24(21-13-7-8-14-22(21)36-25)26(34)32(27)20-11-5-2-6-12-20/h1-6,9-12,15-16H,7-8,13-14,17H2,(H,31,33)/b19-15-,29-16-. The molecular formula is C27H23ClN4O2S2. The summed E-state index contributed by atoms with van der Waals surface area (Å²) in [6.07, 6.45) is 7.27. The van der Waals surface area contributed by atoms with Crippen molar-refractivity contribution in [3.05, 3.63) is 92.1 Å². The van der Waals surface area contributed by atoms with Gasteiger partial charge in [-0.05, 0) is 55.0 Å². The first kappa shape index (κ1) is 24.5. The van der Waals surface area contributed by atoms with Crippen LogP contribution in [-0.2, 0) is 17.6 Å². The molecular weight excluding hydrogens is 512 g/mol. The van der Waals surface area contributed by atoms with Crippen molar-refractivity contribution in [3.8, 4) is 5.69 Å². The molecule has 2 heterocycles. The van der Waals surface area contributed by atoms with Crippen LogP contribution in [0.3, 0.4) is 0 Å². The molecule has 0 unspecified atom stereocenters. The zero-order valence-corrected chi connectivity index (χ0v) is 21.7.